The lowest BCUT2D eigenvalue weighted by Gasteiger charge is -2.21. The number of hydrogen-bond acceptors (Lipinski definition) is 5. The number of aromatic nitrogens is 4. The second-order valence-electron chi connectivity index (χ2n) is 8.12. The van der Waals surface area contributed by atoms with Crippen molar-refractivity contribution < 1.29 is 9.21 Å². The summed E-state index contributed by atoms with van der Waals surface area (Å²) < 4.78 is 9.14. The topological polar surface area (TPSA) is 86.2 Å². The molecule has 0 saturated heterocycles. The molecule has 3 heterocycles. The van der Waals surface area contributed by atoms with Gasteiger partial charge in [-0.3, -0.25) is 9.48 Å². The molecule has 1 amide bonds. The molecule has 0 bridgehead atoms. The van der Waals surface area contributed by atoms with Crippen molar-refractivity contribution in [3.8, 4) is 0 Å². The number of rotatable bonds is 5. The maximum absolute atomic E-state index is 13.6. The summed E-state index contributed by atoms with van der Waals surface area (Å²) in [5.74, 6) is 0.284. The van der Waals surface area contributed by atoms with Crippen LogP contribution in [0.1, 0.15) is 27.6 Å². The highest BCUT2D eigenvalue weighted by Gasteiger charge is 2.24. The molecule has 0 aliphatic rings. The number of benzene rings is 2. The zero-order chi connectivity index (χ0) is 23.1. The van der Waals surface area contributed by atoms with Gasteiger partial charge < -0.3 is 13.9 Å². The van der Waals surface area contributed by atoms with Crippen LogP contribution in [0, 0.1) is 6.92 Å². The van der Waals surface area contributed by atoms with E-state index >= 15 is 0 Å². The van der Waals surface area contributed by atoms with Gasteiger partial charge in [-0.05, 0) is 37.3 Å². The van der Waals surface area contributed by atoms with Crippen molar-refractivity contribution >= 4 is 27.9 Å². The van der Waals surface area contributed by atoms with Crippen LogP contribution >= 0.6 is 0 Å². The number of carbonyl (C=O) groups is 1. The Bertz CT molecular complexity index is 1540. The number of aryl methyl sites for hydroxylation is 3. The van der Waals surface area contributed by atoms with Crippen LogP contribution in [0.3, 0.4) is 0 Å². The molecule has 33 heavy (non-hydrogen) atoms. The second kappa shape index (κ2) is 8.05. The Labute approximate surface area is 189 Å². The number of hydrogen-bond donors (Lipinski definition) is 0. The Balaban J connectivity index is 1.57. The third kappa shape index (κ3) is 3.80. The number of amides is 1. The van der Waals surface area contributed by atoms with E-state index in [0.29, 0.717) is 16.8 Å². The molecule has 0 aliphatic heterocycles. The summed E-state index contributed by atoms with van der Waals surface area (Å²) in [4.78, 5) is 32.6. The Morgan fingerprint density at radius 1 is 1.03 bits per heavy atom. The zero-order valence-electron chi connectivity index (χ0n) is 18.6. The van der Waals surface area contributed by atoms with Gasteiger partial charge in [0.25, 0.3) is 5.91 Å². The molecule has 0 atom stereocenters. The monoisotopic (exact) mass is 441 g/mol. The Morgan fingerprint density at radius 3 is 2.55 bits per heavy atom. The van der Waals surface area contributed by atoms with Crippen molar-refractivity contribution in [3.05, 3.63) is 93.9 Å². The summed E-state index contributed by atoms with van der Waals surface area (Å²) in [6, 6.07) is 18.5. The van der Waals surface area contributed by atoms with Gasteiger partial charge in [-0.25, -0.2) is 9.78 Å². The molecule has 5 aromatic rings. The van der Waals surface area contributed by atoms with E-state index in [-0.39, 0.29) is 18.7 Å². The first-order valence-corrected chi connectivity index (χ1v) is 10.6. The molecule has 0 aliphatic carbocycles. The van der Waals surface area contributed by atoms with Crippen molar-refractivity contribution in [2.75, 3.05) is 0 Å². The standard InChI is InChI=1S/C25H23N5O3/c1-16-12-18(27-29(16)3)14-30(15-23-26-20-9-5-6-10-21(20)28(23)2)24(31)19-13-17-8-4-7-11-22(17)33-25(19)32/h4-13H,14-15H2,1-3H3. The Hall–Kier alpha value is -4.20. The van der Waals surface area contributed by atoms with Crippen LogP contribution in [0.15, 0.2) is 69.9 Å². The molecule has 0 fully saturated rings. The minimum Gasteiger partial charge on any atom is -0.422 e. The van der Waals surface area contributed by atoms with Gasteiger partial charge in [0.1, 0.15) is 17.0 Å². The van der Waals surface area contributed by atoms with Crippen LogP contribution in [-0.4, -0.2) is 30.1 Å². The number of para-hydroxylation sites is 3. The van der Waals surface area contributed by atoms with Crippen LogP contribution < -0.4 is 5.63 Å². The van der Waals surface area contributed by atoms with E-state index in [2.05, 4.69) is 5.10 Å². The third-order valence-corrected chi connectivity index (χ3v) is 5.89. The number of fused-ring (bicyclic) bond motifs is 2. The van der Waals surface area contributed by atoms with Gasteiger partial charge in [0, 0.05) is 25.2 Å². The highest BCUT2D eigenvalue weighted by molar-refractivity contribution is 5.96. The first-order chi connectivity index (χ1) is 15.9. The van der Waals surface area contributed by atoms with Crippen molar-refractivity contribution in [1.29, 1.82) is 0 Å². The van der Waals surface area contributed by atoms with E-state index < -0.39 is 11.5 Å². The first kappa shape index (κ1) is 20.7. The summed E-state index contributed by atoms with van der Waals surface area (Å²) in [7, 11) is 3.77. The Morgan fingerprint density at radius 2 is 1.79 bits per heavy atom. The van der Waals surface area contributed by atoms with Crippen molar-refractivity contribution in [2.24, 2.45) is 14.1 Å². The van der Waals surface area contributed by atoms with Crippen LogP contribution in [-0.2, 0) is 27.2 Å². The summed E-state index contributed by atoms with van der Waals surface area (Å²) in [5, 5.41) is 5.19. The van der Waals surface area contributed by atoms with Gasteiger partial charge in [-0.1, -0.05) is 30.3 Å². The fourth-order valence-electron chi connectivity index (χ4n) is 4.00. The minimum atomic E-state index is -0.661. The molecular weight excluding hydrogens is 418 g/mol. The van der Waals surface area contributed by atoms with Gasteiger partial charge in [0.2, 0.25) is 0 Å². The molecule has 166 valence electrons. The number of imidazole rings is 1. The normalized spacial score (nSPS) is 11.4. The predicted octanol–water partition coefficient (Wildman–Crippen LogP) is 3.56. The first-order valence-electron chi connectivity index (χ1n) is 10.6. The SMILES string of the molecule is Cc1cc(CN(Cc2nc3ccccc3n2C)C(=O)c2cc3ccccc3oc2=O)nn1C. The molecule has 2 aromatic carbocycles. The van der Waals surface area contributed by atoms with E-state index in [9.17, 15) is 9.59 Å². The molecule has 0 N–H and O–H groups in total. The number of carbonyl (C=O) groups excluding carboxylic acids is 1. The quantitative estimate of drug-likeness (QED) is 0.389. The highest BCUT2D eigenvalue weighted by Crippen LogP contribution is 2.19. The van der Waals surface area contributed by atoms with Gasteiger partial charge >= 0.3 is 5.63 Å². The fourth-order valence-corrected chi connectivity index (χ4v) is 4.00. The molecule has 0 saturated carbocycles. The molecule has 3 aromatic heterocycles. The van der Waals surface area contributed by atoms with Gasteiger partial charge in [0.05, 0.1) is 29.8 Å². The molecular formula is C25H23N5O3. The van der Waals surface area contributed by atoms with Crippen LogP contribution in [0.5, 0.6) is 0 Å². The Kier molecular flexibility index (Phi) is 5.05. The predicted molar refractivity (Wildman–Crippen MR) is 125 cm³/mol. The highest BCUT2D eigenvalue weighted by atomic mass is 16.4. The molecule has 0 spiro atoms. The average Bonchev–Trinajstić information content (AvgIpc) is 3.30. The molecule has 0 radical (unpaired) electrons. The van der Waals surface area contributed by atoms with Gasteiger partial charge in [-0.2, -0.15) is 5.10 Å². The fraction of sp³-hybridized carbons (Fsp3) is 0.200. The van der Waals surface area contributed by atoms with Gasteiger partial charge in [-0.15, -0.1) is 0 Å². The number of nitrogens with zero attached hydrogens (tertiary/aromatic N) is 5. The van der Waals surface area contributed by atoms with E-state index in [0.717, 1.165) is 22.4 Å². The maximum atomic E-state index is 13.6. The van der Waals surface area contributed by atoms with Crippen LogP contribution in [0.25, 0.3) is 22.0 Å². The minimum absolute atomic E-state index is 0.0138. The maximum Gasteiger partial charge on any atom is 0.349 e. The molecule has 5 rings (SSSR count). The average molecular weight is 441 g/mol. The van der Waals surface area contributed by atoms with E-state index in [1.807, 2.05) is 68.1 Å². The molecule has 0 unspecified atom stereocenters. The molecule has 8 nitrogen and oxygen atoms in total. The lowest BCUT2D eigenvalue weighted by molar-refractivity contribution is 0.0717. The summed E-state index contributed by atoms with van der Waals surface area (Å²) in [5.41, 5.74) is 3.30. The van der Waals surface area contributed by atoms with Crippen molar-refractivity contribution in [2.45, 2.75) is 20.0 Å². The summed E-state index contributed by atoms with van der Waals surface area (Å²) in [6.07, 6.45) is 0. The van der Waals surface area contributed by atoms with E-state index in [1.54, 1.807) is 27.8 Å². The van der Waals surface area contributed by atoms with Gasteiger partial charge in [0.15, 0.2) is 0 Å². The summed E-state index contributed by atoms with van der Waals surface area (Å²) in [6.45, 7) is 2.40. The van der Waals surface area contributed by atoms with Crippen LogP contribution in [0.4, 0.5) is 0 Å². The molecule has 8 heteroatoms. The second-order valence-corrected chi connectivity index (χ2v) is 8.12. The lowest BCUT2D eigenvalue weighted by Crippen LogP contribution is -2.34. The van der Waals surface area contributed by atoms with Crippen molar-refractivity contribution in [3.63, 3.8) is 0 Å². The summed E-state index contributed by atoms with van der Waals surface area (Å²) >= 11 is 0. The van der Waals surface area contributed by atoms with E-state index in [1.165, 1.54) is 0 Å². The third-order valence-electron chi connectivity index (χ3n) is 5.89. The van der Waals surface area contributed by atoms with Crippen molar-refractivity contribution in [1.82, 2.24) is 24.2 Å². The zero-order valence-corrected chi connectivity index (χ0v) is 18.6. The van der Waals surface area contributed by atoms with Crippen LogP contribution in [0.2, 0.25) is 0 Å². The smallest absolute Gasteiger partial charge is 0.349 e. The largest absolute Gasteiger partial charge is 0.422 e. The van der Waals surface area contributed by atoms with E-state index in [4.69, 9.17) is 9.40 Å². The lowest BCUT2D eigenvalue weighted by atomic mass is 10.1.